The van der Waals surface area contributed by atoms with E-state index in [9.17, 15) is 9.59 Å². The summed E-state index contributed by atoms with van der Waals surface area (Å²) in [5, 5.41) is 3.70. The summed E-state index contributed by atoms with van der Waals surface area (Å²) in [4.78, 5) is 34.0. The van der Waals surface area contributed by atoms with E-state index in [-0.39, 0.29) is 18.3 Å². The van der Waals surface area contributed by atoms with Crippen molar-refractivity contribution in [1.29, 1.82) is 0 Å². The number of nitrogens with zero attached hydrogens (tertiary/aromatic N) is 5. The Labute approximate surface area is 126 Å². The molecule has 0 spiro atoms. The van der Waals surface area contributed by atoms with Crippen LogP contribution in [0, 0.1) is 5.92 Å². The predicted molar refractivity (Wildman–Crippen MR) is 76.8 cm³/mol. The molecule has 2 aromatic heterocycles. The van der Waals surface area contributed by atoms with E-state index < -0.39 is 5.76 Å². The van der Waals surface area contributed by atoms with Crippen LogP contribution in [0.4, 0.5) is 0 Å². The van der Waals surface area contributed by atoms with E-state index in [1.54, 1.807) is 4.90 Å². The fourth-order valence-corrected chi connectivity index (χ4v) is 2.50. The maximum atomic E-state index is 12.4. The highest BCUT2D eigenvalue weighted by Gasteiger charge is 2.23. The molecule has 3 rings (SSSR count). The van der Waals surface area contributed by atoms with Gasteiger partial charge in [0.1, 0.15) is 12.2 Å². The third kappa shape index (κ3) is 2.90. The molecule has 1 amide bonds. The number of piperidine rings is 1. The zero-order valence-corrected chi connectivity index (χ0v) is 12.3. The minimum absolute atomic E-state index is 0.0946. The van der Waals surface area contributed by atoms with Gasteiger partial charge in [0.05, 0.1) is 6.20 Å². The molecule has 1 aliphatic rings. The van der Waals surface area contributed by atoms with Crippen molar-refractivity contribution in [2.45, 2.75) is 26.3 Å². The maximum absolute atomic E-state index is 12.4. The van der Waals surface area contributed by atoms with E-state index in [1.165, 1.54) is 23.2 Å². The van der Waals surface area contributed by atoms with E-state index in [1.807, 2.05) is 0 Å². The van der Waals surface area contributed by atoms with Crippen LogP contribution in [0.3, 0.4) is 0 Å². The summed E-state index contributed by atoms with van der Waals surface area (Å²) in [6.07, 6.45) is 6.46. The zero-order valence-electron chi connectivity index (χ0n) is 12.3. The fraction of sp³-hybridized carbons (Fsp3) is 0.500. The summed E-state index contributed by atoms with van der Waals surface area (Å²) in [7, 11) is 0. The summed E-state index contributed by atoms with van der Waals surface area (Å²) >= 11 is 0. The first-order chi connectivity index (χ1) is 10.6. The second kappa shape index (κ2) is 6.08. The molecule has 8 heteroatoms. The van der Waals surface area contributed by atoms with Crippen molar-refractivity contribution >= 4 is 5.91 Å². The van der Waals surface area contributed by atoms with Crippen LogP contribution in [0.25, 0.3) is 11.5 Å². The molecular weight excluding hydrogens is 286 g/mol. The van der Waals surface area contributed by atoms with Gasteiger partial charge in [0, 0.05) is 25.5 Å². The van der Waals surface area contributed by atoms with Gasteiger partial charge in [-0.25, -0.2) is 14.3 Å². The number of carbonyl (C=O) groups is 1. The van der Waals surface area contributed by atoms with Gasteiger partial charge in [-0.2, -0.15) is 0 Å². The Kier molecular flexibility index (Phi) is 3.99. The molecule has 0 bridgehead atoms. The third-order valence-electron chi connectivity index (χ3n) is 3.91. The van der Waals surface area contributed by atoms with Crippen molar-refractivity contribution in [1.82, 2.24) is 24.6 Å². The molecule has 0 aliphatic carbocycles. The number of hydrogen-bond donors (Lipinski definition) is 0. The summed E-state index contributed by atoms with van der Waals surface area (Å²) in [6.45, 7) is 3.53. The molecule has 116 valence electrons. The lowest BCUT2D eigenvalue weighted by Crippen LogP contribution is -2.40. The number of amides is 1. The molecule has 0 aromatic carbocycles. The van der Waals surface area contributed by atoms with Crippen LogP contribution < -0.4 is 5.76 Å². The second-order valence-electron chi connectivity index (χ2n) is 5.51. The molecule has 0 saturated carbocycles. The van der Waals surface area contributed by atoms with E-state index in [2.05, 4.69) is 26.6 Å². The molecule has 0 unspecified atom stereocenters. The molecule has 1 aliphatic heterocycles. The predicted octanol–water partition coefficient (Wildman–Crippen LogP) is 0.552. The van der Waals surface area contributed by atoms with Gasteiger partial charge in [0.15, 0.2) is 0 Å². The van der Waals surface area contributed by atoms with Gasteiger partial charge in [0.2, 0.25) is 11.7 Å². The molecule has 0 atom stereocenters. The number of likely N-dealkylation sites (tertiary alicyclic amines) is 1. The quantitative estimate of drug-likeness (QED) is 0.822. The monoisotopic (exact) mass is 303 g/mol. The van der Waals surface area contributed by atoms with Crippen LogP contribution in [-0.4, -0.2) is 43.6 Å². The van der Waals surface area contributed by atoms with Gasteiger partial charge in [-0.3, -0.25) is 14.3 Å². The first kappa shape index (κ1) is 14.4. The van der Waals surface area contributed by atoms with Crippen molar-refractivity contribution in [3.8, 4) is 11.5 Å². The molecule has 1 fully saturated rings. The molecule has 0 radical (unpaired) electrons. The zero-order chi connectivity index (χ0) is 15.5. The van der Waals surface area contributed by atoms with Crippen molar-refractivity contribution in [2.24, 2.45) is 5.92 Å². The number of carbonyl (C=O) groups excluding carboxylic acids is 1. The van der Waals surface area contributed by atoms with Crippen LogP contribution in [0.5, 0.6) is 0 Å². The van der Waals surface area contributed by atoms with Gasteiger partial charge >= 0.3 is 5.76 Å². The SMILES string of the molecule is CC1CCN(C(=O)Cn2c(-c3cnccn3)noc2=O)CC1. The third-order valence-corrected chi connectivity index (χ3v) is 3.91. The number of rotatable bonds is 3. The Morgan fingerprint density at radius 2 is 2.14 bits per heavy atom. The van der Waals surface area contributed by atoms with Crippen molar-refractivity contribution < 1.29 is 9.32 Å². The summed E-state index contributed by atoms with van der Waals surface area (Å²) < 4.78 is 5.87. The lowest BCUT2D eigenvalue weighted by atomic mass is 9.99. The highest BCUT2D eigenvalue weighted by atomic mass is 16.5. The molecular formula is C14H17N5O3. The summed E-state index contributed by atoms with van der Waals surface area (Å²) in [6, 6.07) is 0. The van der Waals surface area contributed by atoms with Gasteiger partial charge < -0.3 is 4.90 Å². The van der Waals surface area contributed by atoms with E-state index in [0.717, 1.165) is 25.9 Å². The Bertz CT molecular complexity index is 701. The lowest BCUT2D eigenvalue weighted by Gasteiger charge is -2.30. The minimum Gasteiger partial charge on any atom is -0.341 e. The van der Waals surface area contributed by atoms with Crippen LogP contribution in [-0.2, 0) is 11.3 Å². The standard InChI is InChI=1S/C14H17N5O3/c1-10-2-6-18(7-3-10)12(20)9-19-13(17-22-14(19)21)11-8-15-4-5-16-11/h4-5,8,10H,2-3,6-7,9H2,1H3. The summed E-state index contributed by atoms with van der Waals surface area (Å²) in [5.74, 6) is 0.0797. The minimum atomic E-state index is -0.667. The molecule has 1 saturated heterocycles. The molecule has 8 nitrogen and oxygen atoms in total. The molecule has 3 heterocycles. The van der Waals surface area contributed by atoms with Gasteiger partial charge in [-0.15, -0.1) is 0 Å². The van der Waals surface area contributed by atoms with E-state index in [0.29, 0.717) is 11.6 Å². The first-order valence-corrected chi connectivity index (χ1v) is 7.26. The highest BCUT2D eigenvalue weighted by molar-refractivity contribution is 5.76. The van der Waals surface area contributed by atoms with Gasteiger partial charge in [-0.1, -0.05) is 12.1 Å². The topological polar surface area (TPSA) is 94.1 Å². The van der Waals surface area contributed by atoms with Crippen LogP contribution in [0.1, 0.15) is 19.8 Å². The Hall–Kier alpha value is -2.51. The second-order valence-corrected chi connectivity index (χ2v) is 5.51. The average molecular weight is 303 g/mol. The van der Waals surface area contributed by atoms with Crippen molar-refractivity contribution in [3.63, 3.8) is 0 Å². The van der Waals surface area contributed by atoms with E-state index in [4.69, 9.17) is 0 Å². The maximum Gasteiger partial charge on any atom is 0.442 e. The smallest absolute Gasteiger partial charge is 0.341 e. The average Bonchev–Trinajstić information content (AvgIpc) is 2.90. The summed E-state index contributed by atoms with van der Waals surface area (Å²) in [5.41, 5.74) is 0.397. The first-order valence-electron chi connectivity index (χ1n) is 7.26. The van der Waals surface area contributed by atoms with E-state index >= 15 is 0 Å². The highest BCUT2D eigenvalue weighted by Crippen LogP contribution is 2.17. The Morgan fingerprint density at radius 3 is 2.82 bits per heavy atom. The molecule has 22 heavy (non-hydrogen) atoms. The van der Waals surface area contributed by atoms with Crippen molar-refractivity contribution in [3.05, 3.63) is 29.1 Å². The fourth-order valence-electron chi connectivity index (χ4n) is 2.50. The Balaban J connectivity index is 1.79. The van der Waals surface area contributed by atoms with Gasteiger partial charge in [0.25, 0.3) is 0 Å². The molecule has 0 N–H and O–H groups in total. The normalized spacial score (nSPS) is 16.0. The van der Waals surface area contributed by atoms with Gasteiger partial charge in [-0.05, 0) is 18.8 Å². The van der Waals surface area contributed by atoms with Crippen LogP contribution in [0.2, 0.25) is 0 Å². The Morgan fingerprint density at radius 1 is 1.36 bits per heavy atom. The molecule has 2 aromatic rings. The largest absolute Gasteiger partial charge is 0.442 e. The van der Waals surface area contributed by atoms with Crippen LogP contribution >= 0.6 is 0 Å². The number of aromatic nitrogens is 4. The number of hydrogen-bond acceptors (Lipinski definition) is 6. The van der Waals surface area contributed by atoms with Crippen LogP contribution in [0.15, 0.2) is 27.9 Å². The lowest BCUT2D eigenvalue weighted by molar-refractivity contribution is -0.133. The van der Waals surface area contributed by atoms with Crippen molar-refractivity contribution in [2.75, 3.05) is 13.1 Å².